The number of hydrogen-bond acceptors (Lipinski definition) is 1. The molecule has 0 fully saturated rings. The number of hydrogen-bond donors (Lipinski definition) is 0. The van der Waals surface area contributed by atoms with Crippen LogP contribution in [0.25, 0.3) is 11.1 Å². The van der Waals surface area contributed by atoms with E-state index in [-0.39, 0.29) is 0 Å². The molecule has 0 bridgehead atoms. The molecule has 1 atom stereocenters. The monoisotopic (exact) mass is 512 g/mol. The van der Waals surface area contributed by atoms with E-state index >= 15 is 0 Å². The summed E-state index contributed by atoms with van der Waals surface area (Å²) in [7, 11) is 0. The Bertz CT molecular complexity index is 958. The zero-order valence-electron chi connectivity index (χ0n) is 24.3. The van der Waals surface area contributed by atoms with Gasteiger partial charge in [0.15, 0.2) is 0 Å². The van der Waals surface area contributed by atoms with Gasteiger partial charge in [-0.2, -0.15) is 0 Å². The second-order valence-electron chi connectivity index (χ2n) is 11.2. The third-order valence-electron chi connectivity index (χ3n) is 7.76. The van der Waals surface area contributed by atoms with Crippen LogP contribution in [-0.2, 0) is 24.2 Å². The molecule has 0 aliphatic carbocycles. The molecule has 3 aromatic carbocycles. The number of unbranched alkanes of at least 4 members (excludes halogenated alkanes) is 10. The van der Waals surface area contributed by atoms with E-state index in [0.29, 0.717) is 6.10 Å². The summed E-state index contributed by atoms with van der Waals surface area (Å²) in [6.07, 6.45) is 20.1. The molecule has 0 aliphatic rings. The predicted molar refractivity (Wildman–Crippen MR) is 166 cm³/mol. The Morgan fingerprint density at radius 1 is 0.500 bits per heavy atom. The van der Waals surface area contributed by atoms with Crippen molar-refractivity contribution in [2.45, 2.75) is 123 Å². The normalized spacial score (nSPS) is 12.1. The maximum atomic E-state index is 6.00. The Morgan fingerprint density at radius 3 is 1.50 bits per heavy atom. The molecule has 1 unspecified atom stereocenters. The summed E-state index contributed by atoms with van der Waals surface area (Å²) < 4.78 is 6.00. The van der Waals surface area contributed by atoms with Crippen LogP contribution in [0.4, 0.5) is 0 Å². The van der Waals surface area contributed by atoms with Gasteiger partial charge in [-0.1, -0.05) is 150 Å². The maximum absolute atomic E-state index is 6.00. The van der Waals surface area contributed by atoms with Crippen LogP contribution in [0.3, 0.4) is 0 Å². The van der Waals surface area contributed by atoms with Crippen molar-refractivity contribution in [3.05, 3.63) is 95.6 Å². The predicted octanol–water partition coefficient (Wildman–Crippen LogP) is 11.1. The second-order valence-corrected chi connectivity index (χ2v) is 11.2. The van der Waals surface area contributed by atoms with E-state index in [4.69, 9.17) is 4.74 Å². The van der Waals surface area contributed by atoms with Crippen LogP contribution in [0.1, 0.15) is 114 Å². The van der Waals surface area contributed by atoms with Gasteiger partial charge in [-0.25, -0.2) is 0 Å². The molecule has 1 nitrogen and oxygen atoms in total. The first-order valence-corrected chi connectivity index (χ1v) is 15.6. The highest BCUT2D eigenvalue weighted by Crippen LogP contribution is 2.22. The highest BCUT2D eigenvalue weighted by molar-refractivity contribution is 5.64. The fraction of sp³-hybridized carbons (Fsp3) is 0.514. The largest absolute Gasteiger partial charge is 0.374 e. The Hall–Kier alpha value is -2.38. The Morgan fingerprint density at radius 2 is 0.974 bits per heavy atom. The third kappa shape index (κ3) is 12.4. The molecule has 3 rings (SSSR count). The molecule has 1 heteroatoms. The summed E-state index contributed by atoms with van der Waals surface area (Å²) in [5, 5.41) is 0. The minimum Gasteiger partial charge on any atom is -0.374 e. The van der Waals surface area contributed by atoms with Crippen molar-refractivity contribution >= 4 is 0 Å². The van der Waals surface area contributed by atoms with Gasteiger partial charge in [0.2, 0.25) is 0 Å². The molecular formula is C37H52O. The maximum Gasteiger partial charge on any atom is 0.0720 e. The molecule has 0 aromatic heterocycles. The average Bonchev–Trinajstić information content (AvgIpc) is 2.96. The summed E-state index contributed by atoms with van der Waals surface area (Å²) in [4.78, 5) is 0. The smallest absolute Gasteiger partial charge is 0.0720 e. The average molecular weight is 513 g/mol. The van der Waals surface area contributed by atoms with Gasteiger partial charge in [0.25, 0.3) is 0 Å². The SMILES string of the molecule is CCCCCCCCCCc1ccc(-c2ccc(CCCCCCC(C)OCc3ccccc3)cc2)cc1. The van der Waals surface area contributed by atoms with Gasteiger partial charge in [-0.15, -0.1) is 0 Å². The van der Waals surface area contributed by atoms with Crippen molar-refractivity contribution < 1.29 is 4.74 Å². The van der Waals surface area contributed by atoms with Crippen LogP contribution in [-0.4, -0.2) is 6.10 Å². The lowest BCUT2D eigenvalue weighted by Gasteiger charge is -2.13. The zero-order chi connectivity index (χ0) is 26.7. The van der Waals surface area contributed by atoms with E-state index in [1.165, 1.54) is 118 Å². The van der Waals surface area contributed by atoms with E-state index < -0.39 is 0 Å². The van der Waals surface area contributed by atoms with E-state index in [2.05, 4.69) is 92.7 Å². The van der Waals surface area contributed by atoms with Crippen molar-refractivity contribution in [1.82, 2.24) is 0 Å². The molecule has 0 saturated carbocycles. The molecule has 206 valence electrons. The van der Waals surface area contributed by atoms with Crippen molar-refractivity contribution in [1.29, 1.82) is 0 Å². The quantitative estimate of drug-likeness (QED) is 0.137. The van der Waals surface area contributed by atoms with Gasteiger partial charge in [-0.3, -0.25) is 0 Å². The molecular weight excluding hydrogens is 460 g/mol. The first-order valence-electron chi connectivity index (χ1n) is 15.6. The van der Waals surface area contributed by atoms with Gasteiger partial charge in [0, 0.05) is 0 Å². The van der Waals surface area contributed by atoms with Crippen molar-refractivity contribution in [2.75, 3.05) is 0 Å². The number of rotatable bonds is 20. The summed E-state index contributed by atoms with van der Waals surface area (Å²) in [5.74, 6) is 0. The lowest BCUT2D eigenvalue weighted by Crippen LogP contribution is -2.07. The van der Waals surface area contributed by atoms with Crippen LogP contribution in [0.5, 0.6) is 0 Å². The van der Waals surface area contributed by atoms with Gasteiger partial charge in [0.05, 0.1) is 12.7 Å². The molecule has 0 radical (unpaired) electrons. The summed E-state index contributed by atoms with van der Waals surface area (Å²) in [6.45, 7) is 5.22. The fourth-order valence-electron chi connectivity index (χ4n) is 5.20. The van der Waals surface area contributed by atoms with Crippen molar-refractivity contribution in [3.63, 3.8) is 0 Å². The highest BCUT2D eigenvalue weighted by Gasteiger charge is 2.04. The number of aryl methyl sites for hydroxylation is 2. The number of benzene rings is 3. The summed E-state index contributed by atoms with van der Waals surface area (Å²) in [5.41, 5.74) is 6.86. The lowest BCUT2D eigenvalue weighted by molar-refractivity contribution is 0.0459. The standard InChI is InChI=1S/C37H52O/c1-3-4-5-6-7-8-9-14-19-33-23-27-36(28-24-33)37-29-25-34(26-30-37)20-15-11-10-13-18-32(2)38-31-35-21-16-12-17-22-35/h12,16-17,21-30,32H,3-11,13-15,18-20,31H2,1-2H3. The summed E-state index contributed by atoms with van der Waals surface area (Å²) >= 11 is 0. The van der Waals surface area contributed by atoms with Gasteiger partial charge >= 0.3 is 0 Å². The first-order chi connectivity index (χ1) is 18.7. The van der Waals surface area contributed by atoms with E-state index in [9.17, 15) is 0 Å². The Kier molecular flexibility index (Phi) is 14.9. The van der Waals surface area contributed by atoms with Gasteiger partial charge in [0.1, 0.15) is 0 Å². The third-order valence-corrected chi connectivity index (χ3v) is 7.76. The highest BCUT2D eigenvalue weighted by atomic mass is 16.5. The molecule has 0 amide bonds. The van der Waals surface area contributed by atoms with Crippen LogP contribution >= 0.6 is 0 Å². The van der Waals surface area contributed by atoms with Gasteiger partial charge < -0.3 is 4.74 Å². The molecule has 0 saturated heterocycles. The van der Waals surface area contributed by atoms with E-state index in [1.807, 2.05) is 0 Å². The van der Waals surface area contributed by atoms with E-state index in [0.717, 1.165) is 13.0 Å². The Balaban J connectivity index is 1.24. The van der Waals surface area contributed by atoms with Crippen LogP contribution < -0.4 is 0 Å². The molecule has 3 aromatic rings. The van der Waals surface area contributed by atoms with Crippen LogP contribution in [0, 0.1) is 0 Å². The van der Waals surface area contributed by atoms with Crippen molar-refractivity contribution in [3.8, 4) is 11.1 Å². The molecule has 0 N–H and O–H groups in total. The first kappa shape index (κ1) is 30.2. The Labute approximate surface area is 234 Å². The topological polar surface area (TPSA) is 9.23 Å². The summed E-state index contributed by atoms with van der Waals surface area (Å²) in [6, 6.07) is 29.0. The second kappa shape index (κ2) is 18.8. The molecule has 0 heterocycles. The van der Waals surface area contributed by atoms with Crippen LogP contribution in [0.15, 0.2) is 78.9 Å². The minimum absolute atomic E-state index is 0.335. The fourth-order valence-corrected chi connectivity index (χ4v) is 5.20. The molecule has 38 heavy (non-hydrogen) atoms. The number of ether oxygens (including phenoxy) is 1. The van der Waals surface area contributed by atoms with Crippen LogP contribution in [0.2, 0.25) is 0 Å². The lowest BCUT2D eigenvalue weighted by atomic mass is 9.98. The zero-order valence-corrected chi connectivity index (χ0v) is 24.3. The minimum atomic E-state index is 0.335. The molecule has 0 spiro atoms. The van der Waals surface area contributed by atoms with Crippen molar-refractivity contribution in [2.24, 2.45) is 0 Å². The van der Waals surface area contributed by atoms with Gasteiger partial charge in [-0.05, 0) is 66.8 Å². The molecule has 0 aliphatic heterocycles. The van der Waals surface area contributed by atoms with E-state index in [1.54, 1.807) is 0 Å².